The first kappa shape index (κ1) is 13.2. The highest BCUT2D eigenvalue weighted by Crippen LogP contribution is 2.17. The maximum atomic E-state index is 6.20. The maximum absolute atomic E-state index is 6.20. The van der Waals surface area contributed by atoms with Crippen molar-refractivity contribution in [3.8, 4) is 0 Å². The third kappa shape index (κ3) is 3.61. The van der Waals surface area contributed by atoms with Gasteiger partial charge in [0.15, 0.2) is 0 Å². The first-order valence-corrected chi connectivity index (χ1v) is 8.58. The molecule has 0 heterocycles. The zero-order chi connectivity index (χ0) is 12.4. The minimum Gasteiger partial charge on any atom is -0.408 e. The van der Waals surface area contributed by atoms with Crippen LogP contribution in [0.3, 0.4) is 0 Å². The van der Waals surface area contributed by atoms with E-state index in [1.165, 1.54) is 5.19 Å². The second kappa shape index (κ2) is 4.56. The highest BCUT2D eigenvalue weighted by molar-refractivity contribution is 6.84. The molecule has 1 aromatic carbocycles. The fourth-order valence-electron chi connectivity index (χ4n) is 1.84. The Morgan fingerprint density at radius 2 is 1.62 bits per heavy atom. The van der Waals surface area contributed by atoms with Crippen LogP contribution < -0.4 is 5.19 Å². The molecule has 0 saturated heterocycles. The standard InChI is InChI=1S/C14H22OSi/c1-7-12-8-10-13(11-9-12)16(5,6)15-14(2,3)4/h7-11H,1H2,2-6H3. The third-order valence-corrected chi connectivity index (χ3v) is 5.25. The number of benzene rings is 1. The molecule has 0 amide bonds. The SMILES string of the molecule is C=Cc1ccc([Si](C)(C)OC(C)(C)C)cc1. The minimum atomic E-state index is -1.78. The summed E-state index contributed by atoms with van der Waals surface area (Å²) in [6.45, 7) is 14.6. The largest absolute Gasteiger partial charge is 0.408 e. The normalized spacial score (nSPS) is 12.6. The maximum Gasteiger partial charge on any atom is 0.218 e. The van der Waals surface area contributed by atoms with Crippen LogP contribution in [0.5, 0.6) is 0 Å². The predicted molar refractivity (Wildman–Crippen MR) is 74.5 cm³/mol. The summed E-state index contributed by atoms with van der Waals surface area (Å²) in [6, 6.07) is 8.52. The van der Waals surface area contributed by atoms with Gasteiger partial charge in [-0.25, -0.2) is 0 Å². The molecule has 0 aromatic heterocycles. The molecular weight excluding hydrogens is 212 g/mol. The summed E-state index contributed by atoms with van der Waals surface area (Å²) in [5.41, 5.74) is 1.08. The van der Waals surface area contributed by atoms with Crippen molar-refractivity contribution in [1.29, 1.82) is 0 Å². The van der Waals surface area contributed by atoms with Gasteiger partial charge in [0.05, 0.1) is 0 Å². The van der Waals surface area contributed by atoms with Crippen molar-refractivity contribution in [2.45, 2.75) is 39.5 Å². The molecule has 1 nitrogen and oxygen atoms in total. The van der Waals surface area contributed by atoms with Crippen LogP contribution in [0.15, 0.2) is 30.8 Å². The lowest BCUT2D eigenvalue weighted by Gasteiger charge is -2.32. The van der Waals surface area contributed by atoms with Gasteiger partial charge in [0.25, 0.3) is 0 Å². The summed E-state index contributed by atoms with van der Waals surface area (Å²) in [7, 11) is -1.78. The molecule has 0 bridgehead atoms. The first-order chi connectivity index (χ1) is 7.24. The lowest BCUT2D eigenvalue weighted by Crippen LogP contribution is -2.49. The topological polar surface area (TPSA) is 9.23 Å². The van der Waals surface area contributed by atoms with Gasteiger partial charge in [-0.15, -0.1) is 0 Å². The van der Waals surface area contributed by atoms with Gasteiger partial charge in [-0.05, 0) is 44.6 Å². The molecule has 1 rings (SSSR count). The van der Waals surface area contributed by atoms with Gasteiger partial charge in [0.1, 0.15) is 0 Å². The molecule has 16 heavy (non-hydrogen) atoms. The molecule has 0 N–H and O–H groups in total. The summed E-state index contributed by atoms with van der Waals surface area (Å²) < 4.78 is 6.20. The first-order valence-electron chi connectivity index (χ1n) is 5.68. The Labute approximate surface area is 100 Å². The van der Waals surface area contributed by atoms with Gasteiger partial charge < -0.3 is 4.43 Å². The molecular formula is C14H22OSi. The molecule has 0 spiro atoms. The van der Waals surface area contributed by atoms with E-state index in [4.69, 9.17) is 4.43 Å². The highest BCUT2D eigenvalue weighted by Gasteiger charge is 2.30. The van der Waals surface area contributed by atoms with E-state index >= 15 is 0 Å². The molecule has 0 saturated carbocycles. The molecule has 0 fully saturated rings. The van der Waals surface area contributed by atoms with Gasteiger partial charge in [0.2, 0.25) is 8.32 Å². The third-order valence-electron chi connectivity index (χ3n) is 2.40. The fraction of sp³-hybridized carbons (Fsp3) is 0.429. The fourth-order valence-corrected chi connectivity index (χ4v) is 4.46. The lowest BCUT2D eigenvalue weighted by molar-refractivity contribution is 0.125. The molecule has 0 atom stereocenters. The number of hydrogen-bond donors (Lipinski definition) is 0. The van der Waals surface area contributed by atoms with Crippen molar-refractivity contribution in [2.75, 3.05) is 0 Å². The quantitative estimate of drug-likeness (QED) is 0.727. The number of hydrogen-bond acceptors (Lipinski definition) is 1. The van der Waals surface area contributed by atoms with Crippen LogP contribution in [0.2, 0.25) is 13.1 Å². The summed E-state index contributed by atoms with van der Waals surface area (Å²) >= 11 is 0. The summed E-state index contributed by atoms with van der Waals surface area (Å²) in [6.07, 6.45) is 1.86. The Morgan fingerprint density at radius 1 is 1.12 bits per heavy atom. The van der Waals surface area contributed by atoms with Crippen LogP contribution in [-0.4, -0.2) is 13.9 Å². The Balaban J connectivity index is 2.93. The van der Waals surface area contributed by atoms with Crippen LogP contribution in [0, 0.1) is 0 Å². The molecule has 0 radical (unpaired) electrons. The van der Waals surface area contributed by atoms with E-state index in [1.807, 2.05) is 6.08 Å². The summed E-state index contributed by atoms with van der Waals surface area (Å²) in [5.74, 6) is 0. The van der Waals surface area contributed by atoms with E-state index in [9.17, 15) is 0 Å². The Morgan fingerprint density at radius 3 is 2.00 bits per heavy atom. The van der Waals surface area contributed by atoms with E-state index in [0.717, 1.165) is 5.56 Å². The van der Waals surface area contributed by atoms with Crippen molar-refractivity contribution < 1.29 is 4.43 Å². The molecule has 0 aliphatic rings. The van der Waals surface area contributed by atoms with Gasteiger partial charge in [0, 0.05) is 5.60 Å². The van der Waals surface area contributed by atoms with Crippen molar-refractivity contribution >= 4 is 19.6 Å². The zero-order valence-electron chi connectivity index (χ0n) is 11.0. The lowest BCUT2D eigenvalue weighted by atomic mass is 10.2. The summed E-state index contributed by atoms with van der Waals surface area (Å²) in [5, 5.41) is 1.33. The van der Waals surface area contributed by atoms with Crippen LogP contribution in [0.4, 0.5) is 0 Å². The van der Waals surface area contributed by atoms with E-state index in [0.29, 0.717) is 0 Å². The number of rotatable bonds is 3. The van der Waals surface area contributed by atoms with Crippen molar-refractivity contribution in [2.24, 2.45) is 0 Å². The van der Waals surface area contributed by atoms with Crippen molar-refractivity contribution in [3.63, 3.8) is 0 Å². The second-order valence-corrected chi connectivity index (χ2v) is 9.35. The molecule has 0 unspecified atom stereocenters. The van der Waals surface area contributed by atoms with Crippen molar-refractivity contribution in [1.82, 2.24) is 0 Å². The van der Waals surface area contributed by atoms with Gasteiger partial charge in [-0.3, -0.25) is 0 Å². The molecule has 0 aliphatic heterocycles. The monoisotopic (exact) mass is 234 g/mol. The van der Waals surface area contributed by atoms with E-state index in [1.54, 1.807) is 0 Å². The average molecular weight is 234 g/mol. The van der Waals surface area contributed by atoms with Gasteiger partial charge in [-0.1, -0.05) is 36.9 Å². The molecule has 2 heteroatoms. The molecule has 0 aliphatic carbocycles. The smallest absolute Gasteiger partial charge is 0.218 e. The van der Waals surface area contributed by atoms with E-state index in [2.05, 4.69) is 64.7 Å². The Kier molecular flexibility index (Phi) is 3.76. The predicted octanol–water partition coefficient (Wildman–Crippen LogP) is 3.56. The van der Waals surface area contributed by atoms with Crippen LogP contribution >= 0.6 is 0 Å². The van der Waals surface area contributed by atoms with E-state index in [-0.39, 0.29) is 5.60 Å². The van der Waals surface area contributed by atoms with Gasteiger partial charge in [-0.2, -0.15) is 0 Å². The average Bonchev–Trinajstić information content (AvgIpc) is 2.14. The van der Waals surface area contributed by atoms with Crippen LogP contribution in [0.25, 0.3) is 6.08 Å². The molecule has 1 aromatic rings. The second-order valence-electron chi connectivity index (χ2n) is 5.55. The van der Waals surface area contributed by atoms with Crippen LogP contribution in [-0.2, 0) is 4.43 Å². The van der Waals surface area contributed by atoms with E-state index < -0.39 is 8.32 Å². The Hall–Kier alpha value is -0.863. The summed E-state index contributed by atoms with van der Waals surface area (Å²) in [4.78, 5) is 0. The van der Waals surface area contributed by atoms with Crippen LogP contribution in [0.1, 0.15) is 26.3 Å². The minimum absolute atomic E-state index is 0.0766. The van der Waals surface area contributed by atoms with Crippen molar-refractivity contribution in [3.05, 3.63) is 36.4 Å². The molecule has 88 valence electrons. The van der Waals surface area contributed by atoms with Gasteiger partial charge >= 0.3 is 0 Å². The zero-order valence-corrected chi connectivity index (χ0v) is 12.0. The highest BCUT2D eigenvalue weighted by atomic mass is 28.4. The Bertz CT molecular complexity index is 357.